The summed E-state index contributed by atoms with van der Waals surface area (Å²) in [6.07, 6.45) is 5.91. The van der Waals surface area contributed by atoms with Gasteiger partial charge in [0.15, 0.2) is 0 Å². The Balaban J connectivity index is 1.67. The van der Waals surface area contributed by atoms with Crippen molar-refractivity contribution in [2.75, 3.05) is 26.2 Å². The van der Waals surface area contributed by atoms with Gasteiger partial charge in [0.05, 0.1) is 30.1 Å². The van der Waals surface area contributed by atoms with E-state index < -0.39 is 0 Å². The molecule has 1 unspecified atom stereocenters. The van der Waals surface area contributed by atoms with Gasteiger partial charge in [0, 0.05) is 20.0 Å². The number of aliphatic hydroxyl groups excluding tert-OH is 1. The molecule has 3 rings (SSSR count). The fraction of sp³-hybridized carbons (Fsp3) is 0.500. The van der Waals surface area contributed by atoms with Gasteiger partial charge in [-0.25, -0.2) is 0 Å². The number of aryl methyl sites for hydroxylation is 1. The monoisotopic (exact) mass is 356 g/mol. The predicted molar refractivity (Wildman–Crippen MR) is 101 cm³/mol. The molecule has 1 saturated heterocycles. The van der Waals surface area contributed by atoms with E-state index in [1.807, 2.05) is 37.4 Å². The predicted octanol–water partition coefficient (Wildman–Crippen LogP) is 1.59. The van der Waals surface area contributed by atoms with Crippen molar-refractivity contribution in [1.82, 2.24) is 20.0 Å². The van der Waals surface area contributed by atoms with Crippen molar-refractivity contribution < 1.29 is 9.90 Å². The third-order valence-electron chi connectivity index (χ3n) is 5.00. The minimum Gasteiger partial charge on any atom is -0.394 e. The molecule has 1 atom stereocenters. The molecule has 0 bridgehead atoms. The highest BCUT2D eigenvalue weighted by molar-refractivity contribution is 5.95. The van der Waals surface area contributed by atoms with Crippen LogP contribution in [-0.2, 0) is 13.5 Å². The number of hydrogen-bond donors (Lipinski definition) is 2. The lowest BCUT2D eigenvalue weighted by atomic mass is 10.1. The topological polar surface area (TPSA) is 70.4 Å². The molecule has 2 heterocycles. The Labute approximate surface area is 154 Å². The Bertz CT molecular complexity index is 708. The fourth-order valence-corrected chi connectivity index (χ4v) is 3.52. The first-order valence-corrected chi connectivity index (χ1v) is 9.36. The number of rotatable bonds is 7. The van der Waals surface area contributed by atoms with Gasteiger partial charge in [-0.05, 0) is 31.5 Å². The summed E-state index contributed by atoms with van der Waals surface area (Å²) in [7, 11) is 1.85. The second-order valence-corrected chi connectivity index (χ2v) is 7.01. The molecule has 1 aliphatic heterocycles. The molecule has 2 aromatic rings. The second-order valence-electron chi connectivity index (χ2n) is 7.01. The van der Waals surface area contributed by atoms with E-state index in [4.69, 9.17) is 0 Å². The van der Waals surface area contributed by atoms with Crippen LogP contribution in [0.25, 0.3) is 0 Å². The molecule has 0 aliphatic carbocycles. The van der Waals surface area contributed by atoms with Gasteiger partial charge in [-0.1, -0.05) is 36.8 Å². The number of benzene rings is 1. The largest absolute Gasteiger partial charge is 0.394 e. The van der Waals surface area contributed by atoms with Gasteiger partial charge in [0.25, 0.3) is 5.91 Å². The molecule has 2 N–H and O–H groups in total. The SMILES string of the molecule is Cn1ncc(C(=O)NC(CO)CN2CCCCC2)c1Cc1ccccc1. The van der Waals surface area contributed by atoms with Crippen molar-refractivity contribution in [3.8, 4) is 0 Å². The van der Waals surface area contributed by atoms with Crippen LogP contribution in [-0.4, -0.2) is 58.0 Å². The van der Waals surface area contributed by atoms with E-state index >= 15 is 0 Å². The highest BCUT2D eigenvalue weighted by Gasteiger charge is 2.21. The molecule has 1 aromatic heterocycles. The van der Waals surface area contributed by atoms with Gasteiger partial charge in [-0.2, -0.15) is 5.10 Å². The van der Waals surface area contributed by atoms with E-state index in [2.05, 4.69) is 15.3 Å². The molecular formula is C20H28N4O2. The molecule has 1 aromatic carbocycles. The average molecular weight is 356 g/mol. The quantitative estimate of drug-likeness (QED) is 0.790. The summed E-state index contributed by atoms with van der Waals surface area (Å²) in [5.41, 5.74) is 2.59. The van der Waals surface area contributed by atoms with E-state index in [0.29, 0.717) is 18.5 Å². The Morgan fingerprint density at radius 1 is 1.23 bits per heavy atom. The van der Waals surface area contributed by atoms with E-state index in [0.717, 1.165) is 24.3 Å². The Hall–Kier alpha value is -2.18. The highest BCUT2D eigenvalue weighted by Crippen LogP contribution is 2.14. The number of hydrogen-bond acceptors (Lipinski definition) is 4. The van der Waals surface area contributed by atoms with Crippen molar-refractivity contribution in [1.29, 1.82) is 0 Å². The first-order chi connectivity index (χ1) is 12.7. The van der Waals surface area contributed by atoms with Crippen molar-refractivity contribution in [2.45, 2.75) is 31.7 Å². The van der Waals surface area contributed by atoms with E-state index in [1.165, 1.54) is 19.3 Å². The van der Waals surface area contributed by atoms with E-state index in [1.54, 1.807) is 10.9 Å². The first kappa shape index (κ1) is 18.6. The number of aliphatic hydroxyl groups is 1. The number of nitrogens with one attached hydrogen (secondary N) is 1. The van der Waals surface area contributed by atoms with Gasteiger partial charge in [0.1, 0.15) is 0 Å². The van der Waals surface area contributed by atoms with Crippen molar-refractivity contribution in [2.24, 2.45) is 7.05 Å². The standard InChI is InChI=1S/C20H28N4O2/c1-23-19(12-16-8-4-2-5-9-16)18(13-21-23)20(26)22-17(15-25)14-24-10-6-3-7-11-24/h2,4-5,8-9,13,17,25H,3,6-7,10-12,14-15H2,1H3,(H,22,26). The highest BCUT2D eigenvalue weighted by atomic mass is 16.3. The van der Waals surface area contributed by atoms with Crippen LogP contribution in [0.4, 0.5) is 0 Å². The van der Waals surface area contributed by atoms with Crippen LogP contribution >= 0.6 is 0 Å². The van der Waals surface area contributed by atoms with Crippen LogP contribution in [0.15, 0.2) is 36.5 Å². The van der Waals surface area contributed by atoms with E-state index in [9.17, 15) is 9.90 Å². The molecule has 0 radical (unpaired) electrons. The first-order valence-electron chi connectivity index (χ1n) is 9.36. The molecule has 140 valence electrons. The molecule has 1 aliphatic rings. The molecule has 1 fully saturated rings. The maximum Gasteiger partial charge on any atom is 0.255 e. The Kier molecular flexibility index (Phi) is 6.41. The zero-order valence-corrected chi connectivity index (χ0v) is 15.4. The summed E-state index contributed by atoms with van der Waals surface area (Å²) < 4.78 is 1.75. The zero-order chi connectivity index (χ0) is 18.4. The molecule has 6 heteroatoms. The second kappa shape index (κ2) is 8.96. The maximum atomic E-state index is 12.8. The minimum atomic E-state index is -0.259. The van der Waals surface area contributed by atoms with Crippen LogP contribution in [0, 0.1) is 0 Å². The summed E-state index contributed by atoms with van der Waals surface area (Å²) in [5.74, 6) is -0.167. The van der Waals surface area contributed by atoms with E-state index in [-0.39, 0.29) is 18.6 Å². The number of nitrogens with zero attached hydrogens (tertiary/aromatic N) is 3. The summed E-state index contributed by atoms with van der Waals surface area (Å²) in [5, 5.41) is 17.0. The number of carbonyl (C=O) groups is 1. The van der Waals surface area contributed by atoms with Crippen LogP contribution in [0.5, 0.6) is 0 Å². The lowest BCUT2D eigenvalue weighted by Crippen LogP contribution is -2.47. The molecule has 0 spiro atoms. The van der Waals surface area contributed by atoms with Crippen molar-refractivity contribution in [3.05, 3.63) is 53.3 Å². The van der Waals surface area contributed by atoms with Gasteiger partial charge in [-0.3, -0.25) is 9.48 Å². The Morgan fingerprint density at radius 3 is 2.65 bits per heavy atom. The lowest BCUT2D eigenvalue weighted by molar-refractivity contribution is 0.0885. The van der Waals surface area contributed by atoms with Gasteiger partial charge in [-0.15, -0.1) is 0 Å². The van der Waals surface area contributed by atoms with Crippen LogP contribution in [0.3, 0.4) is 0 Å². The number of likely N-dealkylation sites (tertiary alicyclic amines) is 1. The molecule has 6 nitrogen and oxygen atoms in total. The number of carbonyl (C=O) groups excluding carboxylic acids is 1. The van der Waals surface area contributed by atoms with Crippen LogP contribution in [0.1, 0.15) is 40.9 Å². The summed E-state index contributed by atoms with van der Waals surface area (Å²) in [6.45, 7) is 2.71. The zero-order valence-electron chi connectivity index (χ0n) is 15.4. The van der Waals surface area contributed by atoms with Gasteiger partial charge >= 0.3 is 0 Å². The third kappa shape index (κ3) is 4.71. The normalized spacial score (nSPS) is 16.4. The van der Waals surface area contributed by atoms with Crippen molar-refractivity contribution in [3.63, 3.8) is 0 Å². The average Bonchev–Trinajstić information content (AvgIpc) is 3.03. The van der Waals surface area contributed by atoms with Gasteiger partial charge < -0.3 is 15.3 Å². The van der Waals surface area contributed by atoms with Crippen LogP contribution in [0.2, 0.25) is 0 Å². The number of aromatic nitrogens is 2. The third-order valence-corrected chi connectivity index (χ3v) is 5.00. The summed E-state index contributed by atoms with van der Waals surface area (Å²) in [4.78, 5) is 15.1. The lowest BCUT2D eigenvalue weighted by Gasteiger charge is -2.30. The molecule has 0 saturated carbocycles. The summed E-state index contributed by atoms with van der Waals surface area (Å²) in [6, 6.07) is 9.79. The van der Waals surface area contributed by atoms with Gasteiger partial charge in [0.2, 0.25) is 0 Å². The fourth-order valence-electron chi connectivity index (χ4n) is 3.52. The molecule has 26 heavy (non-hydrogen) atoms. The molecular weight excluding hydrogens is 328 g/mol. The van der Waals surface area contributed by atoms with Crippen molar-refractivity contribution >= 4 is 5.91 Å². The van der Waals surface area contributed by atoms with Crippen LogP contribution < -0.4 is 5.32 Å². The molecule has 1 amide bonds. The Morgan fingerprint density at radius 2 is 1.96 bits per heavy atom. The number of amides is 1. The smallest absolute Gasteiger partial charge is 0.255 e. The summed E-state index contributed by atoms with van der Waals surface area (Å²) >= 11 is 0. The maximum absolute atomic E-state index is 12.8. The minimum absolute atomic E-state index is 0.0590. The number of piperidine rings is 1.